The van der Waals surface area contributed by atoms with Crippen LogP contribution in [-0.4, -0.2) is 34.0 Å². The Labute approximate surface area is 191 Å². The summed E-state index contributed by atoms with van der Waals surface area (Å²) in [5, 5.41) is 9.51. The fraction of sp³-hybridized carbons (Fsp3) is 0.0800. The molecule has 0 aliphatic carbocycles. The van der Waals surface area contributed by atoms with Gasteiger partial charge in [-0.25, -0.2) is 15.0 Å². The lowest BCUT2D eigenvalue weighted by molar-refractivity contribution is 1.07. The first-order valence-electron chi connectivity index (χ1n) is 9.64. The molecule has 0 amide bonds. The number of rotatable bonds is 4. The molecule has 0 N–H and O–H groups in total. The molecule has 0 saturated heterocycles. The van der Waals surface area contributed by atoms with E-state index in [4.69, 9.17) is 28.3 Å². The largest absolute Gasteiger partial charge is 0.363 e. The zero-order valence-electron chi connectivity index (χ0n) is 17.4. The van der Waals surface area contributed by atoms with Gasteiger partial charge in [-0.05, 0) is 36.3 Å². The maximum absolute atomic E-state index is 9.16. The van der Waals surface area contributed by atoms with E-state index in [0.717, 1.165) is 28.1 Å². The molecule has 0 atom stereocenters. The van der Waals surface area contributed by atoms with Crippen LogP contribution in [0, 0.1) is 23.7 Å². The van der Waals surface area contributed by atoms with Crippen molar-refractivity contribution in [3.8, 4) is 51.9 Å². The minimum absolute atomic E-state index is 0.314. The summed E-state index contributed by atoms with van der Waals surface area (Å²) in [6, 6.07) is 13.1. The highest BCUT2D eigenvalue weighted by molar-refractivity contribution is 6.35. The van der Waals surface area contributed by atoms with Crippen LogP contribution in [0.2, 0.25) is 5.02 Å². The standard InChI is InChI=1S/C25H17ClN6/c1-4-20-24(26)22(16-6-5-11-28-13-16)23(17-7-9-19(12-27)29-14-17)25(31-20)18-8-10-21(30-15-18)32(2)3/h1,5-11,13-15H,2-3H3. The average molecular weight is 437 g/mol. The monoisotopic (exact) mass is 436 g/mol. The van der Waals surface area contributed by atoms with Gasteiger partial charge >= 0.3 is 0 Å². The van der Waals surface area contributed by atoms with Gasteiger partial charge in [-0.3, -0.25) is 4.98 Å². The van der Waals surface area contributed by atoms with Gasteiger partial charge in [0, 0.05) is 66.7 Å². The van der Waals surface area contributed by atoms with Crippen LogP contribution in [0.4, 0.5) is 5.82 Å². The van der Waals surface area contributed by atoms with E-state index in [2.05, 4.69) is 20.9 Å². The molecule has 0 bridgehead atoms. The summed E-state index contributed by atoms with van der Waals surface area (Å²) >= 11 is 6.76. The van der Waals surface area contributed by atoms with Gasteiger partial charge in [0.1, 0.15) is 23.3 Å². The van der Waals surface area contributed by atoms with Crippen molar-refractivity contribution in [3.63, 3.8) is 0 Å². The predicted octanol–water partition coefficient (Wildman–Crippen LogP) is 4.84. The van der Waals surface area contributed by atoms with Gasteiger partial charge in [-0.15, -0.1) is 6.42 Å². The molecule has 154 valence electrons. The van der Waals surface area contributed by atoms with Crippen LogP contribution < -0.4 is 4.90 Å². The number of nitriles is 1. The van der Waals surface area contributed by atoms with E-state index in [1.807, 2.05) is 55.4 Å². The summed E-state index contributed by atoms with van der Waals surface area (Å²) in [5.41, 5.74) is 4.98. The summed E-state index contributed by atoms with van der Waals surface area (Å²) in [6.07, 6.45) is 12.5. The van der Waals surface area contributed by atoms with Gasteiger partial charge in [-0.2, -0.15) is 5.26 Å². The van der Waals surface area contributed by atoms with Crippen LogP contribution >= 0.6 is 11.6 Å². The van der Waals surface area contributed by atoms with E-state index in [9.17, 15) is 0 Å². The highest BCUT2D eigenvalue weighted by Crippen LogP contribution is 2.43. The summed E-state index contributed by atoms with van der Waals surface area (Å²) < 4.78 is 0. The van der Waals surface area contributed by atoms with Gasteiger partial charge in [0.2, 0.25) is 0 Å². The summed E-state index contributed by atoms with van der Waals surface area (Å²) in [5.74, 6) is 3.41. The number of aromatic nitrogens is 4. The third-order valence-electron chi connectivity index (χ3n) is 4.87. The molecular weight excluding hydrogens is 420 g/mol. The first kappa shape index (κ1) is 21.0. The Balaban J connectivity index is 2.08. The van der Waals surface area contributed by atoms with Gasteiger partial charge in [0.05, 0.1) is 10.7 Å². The molecule has 32 heavy (non-hydrogen) atoms. The van der Waals surface area contributed by atoms with Crippen molar-refractivity contribution in [1.82, 2.24) is 19.9 Å². The molecule has 0 radical (unpaired) electrons. The van der Waals surface area contributed by atoms with Crippen LogP contribution in [0.3, 0.4) is 0 Å². The van der Waals surface area contributed by atoms with Crippen molar-refractivity contribution in [3.05, 3.63) is 77.6 Å². The molecule has 6 nitrogen and oxygen atoms in total. The SMILES string of the molecule is C#Cc1nc(-c2ccc(N(C)C)nc2)c(-c2ccc(C#N)nc2)c(-c2cccnc2)c1Cl. The first-order chi connectivity index (χ1) is 15.5. The van der Waals surface area contributed by atoms with Crippen molar-refractivity contribution in [2.24, 2.45) is 0 Å². The second kappa shape index (κ2) is 8.85. The topological polar surface area (TPSA) is 78.6 Å². The van der Waals surface area contributed by atoms with Crippen molar-refractivity contribution in [1.29, 1.82) is 5.26 Å². The second-order valence-corrected chi connectivity index (χ2v) is 7.48. The van der Waals surface area contributed by atoms with Crippen molar-refractivity contribution < 1.29 is 0 Å². The molecule has 0 saturated carbocycles. The first-order valence-corrected chi connectivity index (χ1v) is 10.0. The fourth-order valence-corrected chi connectivity index (χ4v) is 3.63. The van der Waals surface area contributed by atoms with Crippen LogP contribution in [0.25, 0.3) is 33.5 Å². The third kappa shape index (κ3) is 3.88. The maximum atomic E-state index is 9.16. The van der Waals surface area contributed by atoms with Gasteiger partial charge in [-0.1, -0.05) is 17.7 Å². The zero-order chi connectivity index (χ0) is 22.7. The summed E-state index contributed by atoms with van der Waals surface area (Å²) in [7, 11) is 3.85. The van der Waals surface area contributed by atoms with Gasteiger partial charge in [0.15, 0.2) is 0 Å². The maximum Gasteiger partial charge on any atom is 0.140 e. The third-order valence-corrected chi connectivity index (χ3v) is 5.24. The highest BCUT2D eigenvalue weighted by Gasteiger charge is 2.22. The second-order valence-electron chi connectivity index (χ2n) is 7.10. The van der Waals surface area contributed by atoms with Gasteiger partial charge in [0.25, 0.3) is 0 Å². The van der Waals surface area contributed by atoms with Crippen LogP contribution in [0.1, 0.15) is 11.4 Å². The molecule has 0 aliphatic rings. The minimum Gasteiger partial charge on any atom is -0.363 e. The van der Waals surface area contributed by atoms with E-state index in [-0.39, 0.29) is 0 Å². The Hall–Kier alpha value is -4.26. The lowest BCUT2D eigenvalue weighted by Crippen LogP contribution is -2.10. The zero-order valence-corrected chi connectivity index (χ0v) is 18.2. The number of anilines is 1. The molecule has 0 aromatic carbocycles. The highest BCUT2D eigenvalue weighted by atomic mass is 35.5. The molecule has 4 aromatic rings. The lowest BCUT2D eigenvalue weighted by Gasteiger charge is -2.18. The molecule has 4 aromatic heterocycles. The Bertz CT molecular complexity index is 1350. The Kier molecular flexibility index (Phi) is 5.81. The molecule has 4 heterocycles. The molecule has 4 rings (SSSR count). The fourth-order valence-electron chi connectivity index (χ4n) is 3.33. The number of nitrogens with zero attached hydrogens (tertiary/aromatic N) is 6. The van der Waals surface area contributed by atoms with E-state index >= 15 is 0 Å². The van der Waals surface area contributed by atoms with Crippen LogP contribution in [0.15, 0.2) is 61.2 Å². The predicted molar refractivity (Wildman–Crippen MR) is 126 cm³/mol. The van der Waals surface area contributed by atoms with E-state index in [1.54, 1.807) is 30.9 Å². The van der Waals surface area contributed by atoms with Crippen molar-refractivity contribution in [2.75, 3.05) is 19.0 Å². The normalized spacial score (nSPS) is 10.3. The molecule has 0 spiro atoms. The van der Waals surface area contributed by atoms with Crippen molar-refractivity contribution in [2.45, 2.75) is 0 Å². The molecule has 0 unspecified atom stereocenters. The average Bonchev–Trinajstić information content (AvgIpc) is 2.84. The Morgan fingerprint density at radius 1 is 0.938 bits per heavy atom. The van der Waals surface area contributed by atoms with E-state index in [0.29, 0.717) is 27.7 Å². The lowest BCUT2D eigenvalue weighted by atomic mass is 9.92. The molecule has 0 fully saturated rings. The Morgan fingerprint density at radius 3 is 2.25 bits per heavy atom. The van der Waals surface area contributed by atoms with Crippen LogP contribution in [-0.2, 0) is 0 Å². The number of halogens is 1. The molecule has 7 heteroatoms. The summed E-state index contributed by atoms with van der Waals surface area (Å²) in [4.78, 5) is 19.6. The summed E-state index contributed by atoms with van der Waals surface area (Å²) in [6.45, 7) is 0. The van der Waals surface area contributed by atoms with Crippen LogP contribution in [0.5, 0.6) is 0 Å². The number of hydrogen-bond donors (Lipinski definition) is 0. The quantitative estimate of drug-likeness (QED) is 0.426. The smallest absolute Gasteiger partial charge is 0.140 e. The number of terminal acetylenes is 1. The number of pyridine rings is 4. The van der Waals surface area contributed by atoms with Crippen molar-refractivity contribution >= 4 is 17.4 Å². The Morgan fingerprint density at radius 2 is 1.69 bits per heavy atom. The van der Waals surface area contributed by atoms with Gasteiger partial charge < -0.3 is 4.90 Å². The van der Waals surface area contributed by atoms with E-state index in [1.165, 1.54) is 0 Å². The molecule has 0 aliphatic heterocycles. The minimum atomic E-state index is 0.314. The van der Waals surface area contributed by atoms with E-state index < -0.39 is 0 Å². The number of hydrogen-bond acceptors (Lipinski definition) is 6. The molecular formula is C25H17ClN6.